The molecular weight excluding hydrogens is 1310 g/mol. The van der Waals surface area contributed by atoms with Gasteiger partial charge in [0.15, 0.2) is 94.6 Å². The molecule has 0 spiro atoms. The summed E-state index contributed by atoms with van der Waals surface area (Å²) >= 11 is 9.58. The monoisotopic (exact) mass is 1370 g/mol. The third-order valence-electron chi connectivity index (χ3n) is 10.4. The summed E-state index contributed by atoms with van der Waals surface area (Å²) in [6.07, 6.45) is -17.8. The number of esters is 13. The van der Waals surface area contributed by atoms with Crippen molar-refractivity contribution in [3.05, 3.63) is 0 Å². The standard InChI is InChI=1S/C26H35BrO17.2C11H15BrO7/c1-10(28)35-8-18-20(38-12(3)30)22(40-14(5)32)24(42-16(7)34)26(44-18)36-9-17-19(37-11(2)29)21(39-13(4)31)23(25(27)43-17)41-15(6)33;2*1-5(13)17-8-4-16-11(12)10(19-7(3)15)9(8)18-6(2)14/h17-26H,8-9H2,1-7H3;2*8-11H,4H2,1-3H3/t17-,18-,19-,20-,21+,22+,23-,24-,25+,26-;8-,9+,10-,11+;8-,9-,10+,11-/m111/s1. The Labute approximate surface area is 494 Å². The number of alkyl halides is 3. The highest BCUT2D eigenvalue weighted by atomic mass is 79.9. The summed E-state index contributed by atoms with van der Waals surface area (Å²) in [6, 6.07) is 0. The van der Waals surface area contributed by atoms with E-state index in [1.54, 1.807) is 0 Å². The molecule has 0 aromatic rings. The Bertz CT molecular complexity index is 2210. The van der Waals surface area contributed by atoms with E-state index in [4.69, 9.17) is 85.3 Å². The van der Waals surface area contributed by atoms with Crippen LogP contribution in [0.4, 0.5) is 0 Å². The Morgan fingerprint density at radius 3 is 0.902 bits per heavy atom. The van der Waals surface area contributed by atoms with Crippen LogP contribution in [0.25, 0.3) is 0 Å². The van der Waals surface area contributed by atoms with E-state index in [2.05, 4.69) is 47.8 Å². The molecule has 82 heavy (non-hydrogen) atoms. The number of hydrogen-bond acceptors (Lipinski definition) is 31. The molecule has 18 atom stereocenters. The number of rotatable bonds is 17. The summed E-state index contributed by atoms with van der Waals surface area (Å²) in [4.78, 5) is 150. The van der Waals surface area contributed by atoms with E-state index < -0.39 is 198 Å². The minimum atomic E-state index is -1.58. The maximum atomic E-state index is 12.1. The van der Waals surface area contributed by atoms with Gasteiger partial charge in [0.1, 0.15) is 18.8 Å². The zero-order valence-corrected chi connectivity index (χ0v) is 51.3. The quantitative estimate of drug-likeness (QED) is 0.112. The van der Waals surface area contributed by atoms with Gasteiger partial charge >= 0.3 is 77.6 Å². The molecular formula is C48H65Br3O31. The van der Waals surface area contributed by atoms with Crippen molar-refractivity contribution < 1.29 is 148 Å². The number of hydrogen-bond donors (Lipinski definition) is 0. The maximum Gasteiger partial charge on any atom is 0.303 e. The minimum absolute atomic E-state index is 0.0329. The van der Waals surface area contributed by atoms with E-state index >= 15 is 0 Å². The van der Waals surface area contributed by atoms with Gasteiger partial charge < -0.3 is 85.3 Å². The van der Waals surface area contributed by atoms with Crippen molar-refractivity contribution in [1.29, 1.82) is 0 Å². The highest BCUT2D eigenvalue weighted by Gasteiger charge is 2.55. The Kier molecular flexibility index (Phi) is 30.8. The molecule has 0 radical (unpaired) electrons. The largest absolute Gasteiger partial charge is 0.463 e. The van der Waals surface area contributed by atoms with Gasteiger partial charge in [-0.25, -0.2) is 0 Å². The van der Waals surface area contributed by atoms with Crippen molar-refractivity contribution in [2.75, 3.05) is 26.4 Å². The second kappa shape index (κ2) is 34.8. The van der Waals surface area contributed by atoms with Crippen molar-refractivity contribution in [3.8, 4) is 0 Å². The molecule has 0 aromatic carbocycles. The van der Waals surface area contributed by atoms with Gasteiger partial charge in [-0.15, -0.1) is 0 Å². The van der Waals surface area contributed by atoms with Gasteiger partial charge in [0, 0.05) is 90.0 Å². The second-order valence-electron chi connectivity index (χ2n) is 17.6. The summed E-state index contributed by atoms with van der Waals surface area (Å²) < 4.78 is 95.6. The van der Waals surface area contributed by atoms with Crippen LogP contribution in [0.2, 0.25) is 0 Å². The molecule has 4 heterocycles. The topological polar surface area (TPSA) is 388 Å². The fourth-order valence-electron chi connectivity index (χ4n) is 7.89. The smallest absolute Gasteiger partial charge is 0.303 e. The number of carbonyl (C=O) groups is 13. The van der Waals surface area contributed by atoms with Crippen molar-refractivity contribution in [3.63, 3.8) is 0 Å². The molecule has 0 N–H and O–H groups in total. The predicted octanol–water partition coefficient (Wildman–Crippen LogP) is 1.07. The summed E-state index contributed by atoms with van der Waals surface area (Å²) in [5, 5.41) is -2.38. The highest BCUT2D eigenvalue weighted by molar-refractivity contribution is 9.09. The molecule has 0 aromatic heterocycles. The molecule has 4 aliphatic heterocycles. The lowest BCUT2D eigenvalue weighted by Gasteiger charge is -2.45. The number of halogens is 3. The fraction of sp³-hybridized carbons (Fsp3) is 0.729. The Balaban J connectivity index is 0.000000495. The molecule has 4 fully saturated rings. The normalized spacial score (nSPS) is 30.9. The van der Waals surface area contributed by atoms with Crippen molar-refractivity contribution in [2.24, 2.45) is 0 Å². The van der Waals surface area contributed by atoms with E-state index in [1.807, 2.05) is 0 Å². The summed E-state index contributed by atoms with van der Waals surface area (Å²) in [6.45, 7) is 14.0. The summed E-state index contributed by atoms with van der Waals surface area (Å²) in [5.74, 6) is -8.88. The van der Waals surface area contributed by atoms with Crippen LogP contribution in [-0.4, -0.2) is 211 Å². The average molecular weight is 1380 g/mol. The zero-order valence-electron chi connectivity index (χ0n) is 46.5. The van der Waals surface area contributed by atoms with Crippen molar-refractivity contribution in [1.82, 2.24) is 0 Å². The van der Waals surface area contributed by atoms with Crippen LogP contribution in [0.5, 0.6) is 0 Å². The van der Waals surface area contributed by atoms with E-state index in [0.717, 1.165) is 48.5 Å². The van der Waals surface area contributed by atoms with Crippen LogP contribution in [0.15, 0.2) is 0 Å². The summed E-state index contributed by atoms with van der Waals surface area (Å²) in [5.41, 5.74) is 0. The van der Waals surface area contributed by atoms with Crippen molar-refractivity contribution >= 4 is 125 Å². The minimum Gasteiger partial charge on any atom is -0.463 e. The van der Waals surface area contributed by atoms with Gasteiger partial charge in [0.05, 0.1) is 19.8 Å². The van der Waals surface area contributed by atoms with Gasteiger partial charge in [0.25, 0.3) is 0 Å². The molecule has 464 valence electrons. The molecule has 0 aliphatic carbocycles. The third-order valence-corrected chi connectivity index (χ3v) is 12.7. The second-order valence-corrected chi connectivity index (χ2v) is 20.3. The van der Waals surface area contributed by atoms with E-state index in [0.29, 0.717) is 0 Å². The molecule has 0 saturated carbocycles. The van der Waals surface area contributed by atoms with Crippen LogP contribution in [0.3, 0.4) is 0 Å². The van der Waals surface area contributed by atoms with Crippen molar-refractivity contribution in [2.45, 2.75) is 197 Å². The molecule has 0 amide bonds. The van der Waals surface area contributed by atoms with E-state index in [9.17, 15) is 62.3 Å². The van der Waals surface area contributed by atoms with Gasteiger partial charge in [-0.3, -0.25) is 62.3 Å². The number of carbonyl (C=O) groups excluding carboxylic acids is 13. The average Bonchev–Trinajstić information content (AvgIpc) is 3.52. The van der Waals surface area contributed by atoms with Crippen LogP contribution in [0.1, 0.15) is 90.0 Å². The fourth-order valence-corrected chi connectivity index (χ4v) is 9.69. The van der Waals surface area contributed by atoms with Crippen LogP contribution < -0.4 is 0 Å². The van der Waals surface area contributed by atoms with Crippen LogP contribution >= 0.6 is 47.8 Å². The third kappa shape index (κ3) is 25.1. The number of ether oxygens (including phenoxy) is 18. The first kappa shape index (κ1) is 72.5. The van der Waals surface area contributed by atoms with E-state index in [-0.39, 0.29) is 13.2 Å². The molecule has 4 aliphatic rings. The molecule has 31 nitrogen and oxygen atoms in total. The van der Waals surface area contributed by atoms with Gasteiger partial charge in [-0.05, 0) is 0 Å². The highest BCUT2D eigenvalue weighted by Crippen LogP contribution is 2.35. The van der Waals surface area contributed by atoms with Gasteiger partial charge in [-0.2, -0.15) is 0 Å². The summed E-state index contributed by atoms with van der Waals surface area (Å²) in [7, 11) is 0. The maximum absolute atomic E-state index is 12.1. The lowest BCUT2D eigenvalue weighted by molar-refractivity contribution is -0.317. The first-order valence-electron chi connectivity index (χ1n) is 24.4. The molecule has 0 unspecified atom stereocenters. The zero-order chi connectivity index (χ0) is 62.5. The van der Waals surface area contributed by atoms with Crippen LogP contribution in [0, 0.1) is 0 Å². The lowest BCUT2D eigenvalue weighted by Crippen LogP contribution is -2.64. The first-order chi connectivity index (χ1) is 38.1. The lowest BCUT2D eigenvalue weighted by atomic mass is 9.97. The molecule has 4 rings (SSSR count). The Morgan fingerprint density at radius 2 is 0.573 bits per heavy atom. The Hall–Kier alpha value is -5.65. The predicted molar refractivity (Wildman–Crippen MR) is 273 cm³/mol. The molecule has 0 bridgehead atoms. The van der Waals surface area contributed by atoms with E-state index in [1.165, 1.54) is 41.5 Å². The van der Waals surface area contributed by atoms with Crippen LogP contribution in [-0.2, 0) is 148 Å². The van der Waals surface area contributed by atoms with Gasteiger partial charge in [-0.1, -0.05) is 47.8 Å². The van der Waals surface area contributed by atoms with Gasteiger partial charge in [0.2, 0.25) is 0 Å². The Morgan fingerprint density at radius 1 is 0.305 bits per heavy atom. The molecule has 4 saturated heterocycles. The molecule has 34 heteroatoms. The first-order valence-corrected chi connectivity index (χ1v) is 27.1. The SMILES string of the molecule is CC(=O)OC[C@H]1O[C@@H](OC[C@H]2O[C@H](Br)[C@H](OC(C)=O)[C@@H](OC(C)=O)[C@@H]2OC(C)=O)[C@H](OC(C)=O)[C@@H](OC(C)=O)[C@@H]1OC(C)=O.CC(=O)O[C@@H]1[C@@H](OC(C)=O)[C@H](OC(C)=O)CO[C@@H]1Br.CC(=O)O[C@H]1[C@H](OC(C)=O)[C@H](OC(C)=O)CO[C@H]1Br.